The molecule has 1 aliphatic heterocycles. The molecular formula is C12H22N4O3S. The number of nitrogens with zero attached hydrogens (tertiary/aromatic N) is 4. The Morgan fingerprint density at radius 1 is 1.30 bits per heavy atom. The van der Waals surface area contributed by atoms with Gasteiger partial charge < -0.3 is 9.67 Å². The van der Waals surface area contributed by atoms with Crippen LogP contribution in [0.5, 0.6) is 0 Å². The second-order valence-corrected chi connectivity index (χ2v) is 6.94. The van der Waals surface area contributed by atoms with Gasteiger partial charge in [0.25, 0.3) is 10.0 Å². The van der Waals surface area contributed by atoms with E-state index in [1.165, 1.54) is 4.31 Å². The fourth-order valence-corrected chi connectivity index (χ4v) is 3.83. The van der Waals surface area contributed by atoms with Crippen LogP contribution in [0, 0.1) is 6.92 Å². The Morgan fingerprint density at radius 2 is 2.05 bits per heavy atom. The minimum Gasteiger partial charge on any atom is -0.395 e. The molecule has 8 heteroatoms. The minimum absolute atomic E-state index is 0.103. The molecule has 0 atom stereocenters. The van der Waals surface area contributed by atoms with Gasteiger partial charge in [-0.3, -0.25) is 4.90 Å². The lowest BCUT2D eigenvalue weighted by Crippen LogP contribution is -2.36. The van der Waals surface area contributed by atoms with Crippen LogP contribution in [0.25, 0.3) is 0 Å². The molecule has 1 fully saturated rings. The zero-order valence-electron chi connectivity index (χ0n) is 12.0. The van der Waals surface area contributed by atoms with Crippen LogP contribution in [-0.2, 0) is 17.1 Å². The van der Waals surface area contributed by atoms with E-state index in [1.54, 1.807) is 24.7 Å². The summed E-state index contributed by atoms with van der Waals surface area (Å²) >= 11 is 0. The standard InChI is InChI=1S/C12H22N4O3S/c1-11-13-12(10-14(11)2)20(18,19)16-5-3-4-15(6-7-16)8-9-17/h10,17H,3-9H2,1-2H3. The van der Waals surface area contributed by atoms with Gasteiger partial charge in [0, 0.05) is 39.4 Å². The van der Waals surface area contributed by atoms with Gasteiger partial charge in [-0.1, -0.05) is 0 Å². The van der Waals surface area contributed by atoms with Crippen LogP contribution >= 0.6 is 0 Å². The molecule has 1 saturated heterocycles. The van der Waals surface area contributed by atoms with Crippen molar-refractivity contribution in [3.05, 3.63) is 12.0 Å². The van der Waals surface area contributed by atoms with Crippen LogP contribution in [0.4, 0.5) is 0 Å². The maximum atomic E-state index is 12.6. The van der Waals surface area contributed by atoms with Gasteiger partial charge in [-0.15, -0.1) is 0 Å². The Balaban J connectivity index is 2.13. The summed E-state index contributed by atoms with van der Waals surface area (Å²) in [6.45, 7) is 4.88. The molecule has 114 valence electrons. The topological polar surface area (TPSA) is 78.7 Å². The average Bonchev–Trinajstić information content (AvgIpc) is 2.63. The van der Waals surface area contributed by atoms with Gasteiger partial charge in [-0.25, -0.2) is 13.4 Å². The van der Waals surface area contributed by atoms with Gasteiger partial charge in [-0.2, -0.15) is 4.31 Å². The van der Waals surface area contributed by atoms with Crippen molar-refractivity contribution in [3.63, 3.8) is 0 Å². The van der Waals surface area contributed by atoms with Crippen LogP contribution in [-0.4, -0.2) is 71.6 Å². The number of hydrogen-bond acceptors (Lipinski definition) is 5. The van der Waals surface area contributed by atoms with Crippen molar-refractivity contribution in [2.24, 2.45) is 7.05 Å². The van der Waals surface area contributed by atoms with E-state index < -0.39 is 10.0 Å². The lowest BCUT2D eigenvalue weighted by atomic mass is 10.4. The van der Waals surface area contributed by atoms with Gasteiger partial charge >= 0.3 is 0 Å². The van der Waals surface area contributed by atoms with Crippen LogP contribution in [0.15, 0.2) is 11.2 Å². The summed E-state index contributed by atoms with van der Waals surface area (Å²) in [6, 6.07) is 0. The number of imidazole rings is 1. The number of aliphatic hydroxyl groups is 1. The molecule has 20 heavy (non-hydrogen) atoms. The summed E-state index contributed by atoms with van der Waals surface area (Å²) < 4.78 is 28.3. The molecule has 0 amide bonds. The zero-order valence-corrected chi connectivity index (χ0v) is 12.8. The highest BCUT2D eigenvalue weighted by molar-refractivity contribution is 7.89. The van der Waals surface area contributed by atoms with Crippen LogP contribution in [0.1, 0.15) is 12.2 Å². The maximum Gasteiger partial charge on any atom is 0.262 e. The molecular weight excluding hydrogens is 280 g/mol. The predicted octanol–water partition coefficient (Wildman–Crippen LogP) is -0.583. The fraction of sp³-hybridized carbons (Fsp3) is 0.750. The summed E-state index contributed by atoms with van der Waals surface area (Å²) in [4.78, 5) is 6.21. The number of sulfonamides is 1. The van der Waals surface area contributed by atoms with E-state index in [2.05, 4.69) is 9.88 Å². The summed E-state index contributed by atoms with van der Waals surface area (Å²) in [5, 5.41) is 9.08. The first-order valence-electron chi connectivity index (χ1n) is 6.78. The number of rotatable bonds is 4. The molecule has 0 aliphatic carbocycles. The van der Waals surface area contributed by atoms with Crippen LogP contribution in [0.2, 0.25) is 0 Å². The normalized spacial score (nSPS) is 19.1. The van der Waals surface area contributed by atoms with E-state index in [-0.39, 0.29) is 11.6 Å². The molecule has 2 rings (SSSR count). The highest BCUT2D eigenvalue weighted by atomic mass is 32.2. The number of aliphatic hydroxyl groups excluding tert-OH is 1. The number of β-amino-alcohol motifs (C(OH)–C–C–N with tert-alkyl or cyclic N) is 1. The first-order valence-corrected chi connectivity index (χ1v) is 8.22. The Kier molecular flexibility index (Phi) is 4.79. The molecule has 1 N–H and O–H groups in total. The second-order valence-electron chi connectivity index (χ2n) is 5.06. The van der Waals surface area contributed by atoms with Crippen molar-refractivity contribution in [3.8, 4) is 0 Å². The number of hydrogen-bond donors (Lipinski definition) is 1. The van der Waals surface area contributed by atoms with E-state index in [0.717, 1.165) is 13.0 Å². The second kappa shape index (κ2) is 6.21. The Labute approximate surface area is 119 Å². The third kappa shape index (κ3) is 3.20. The largest absolute Gasteiger partial charge is 0.395 e. The Morgan fingerprint density at radius 3 is 2.65 bits per heavy atom. The molecule has 0 bridgehead atoms. The van der Waals surface area contributed by atoms with E-state index in [4.69, 9.17) is 5.11 Å². The van der Waals surface area contributed by atoms with E-state index >= 15 is 0 Å². The lowest BCUT2D eigenvalue weighted by Gasteiger charge is -2.20. The molecule has 0 aromatic carbocycles. The van der Waals surface area contributed by atoms with Gasteiger partial charge in [0.15, 0.2) is 5.03 Å². The van der Waals surface area contributed by atoms with Gasteiger partial charge in [0.05, 0.1) is 6.61 Å². The van der Waals surface area contributed by atoms with Crippen molar-refractivity contribution in [2.45, 2.75) is 18.4 Å². The fourth-order valence-electron chi connectivity index (χ4n) is 2.34. The SMILES string of the molecule is Cc1nc(S(=O)(=O)N2CCCN(CCO)CC2)cn1C. The molecule has 0 unspecified atom stereocenters. The third-order valence-corrected chi connectivity index (χ3v) is 5.42. The average molecular weight is 302 g/mol. The zero-order chi connectivity index (χ0) is 14.8. The van der Waals surface area contributed by atoms with Gasteiger partial charge in [0.2, 0.25) is 0 Å². The quantitative estimate of drug-likeness (QED) is 0.805. The summed E-state index contributed by atoms with van der Waals surface area (Å²) in [5.74, 6) is 0.681. The molecule has 2 heterocycles. The van der Waals surface area contributed by atoms with Crippen molar-refractivity contribution in [2.75, 3.05) is 39.3 Å². The highest BCUT2D eigenvalue weighted by Crippen LogP contribution is 2.16. The Bertz CT molecular complexity index is 536. The molecule has 1 aliphatic rings. The number of aromatic nitrogens is 2. The van der Waals surface area contributed by atoms with Crippen molar-refractivity contribution in [1.29, 1.82) is 0 Å². The minimum atomic E-state index is -3.51. The van der Waals surface area contributed by atoms with Gasteiger partial charge in [-0.05, 0) is 19.9 Å². The van der Waals surface area contributed by atoms with Crippen molar-refractivity contribution in [1.82, 2.24) is 18.8 Å². The summed E-state index contributed by atoms with van der Waals surface area (Å²) in [7, 11) is -1.73. The van der Waals surface area contributed by atoms with E-state index in [9.17, 15) is 8.42 Å². The smallest absolute Gasteiger partial charge is 0.262 e. The monoisotopic (exact) mass is 302 g/mol. The predicted molar refractivity (Wildman–Crippen MR) is 74.8 cm³/mol. The Hall–Kier alpha value is -0.960. The number of aryl methyl sites for hydroxylation is 2. The molecule has 7 nitrogen and oxygen atoms in total. The van der Waals surface area contributed by atoms with Crippen LogP contribution in [0.3, 0.4) is 0 Å². The molecule has 1 aromatic heterocycles. The van der Waals surface area contributed by atoms with Gasteiger partial charge in [0.1, 0.15) is 5.82 Å². The molecule has 0 saturated carbocycles. The molecule has 1 aromatic rings. The molecule has 0 spiro atoms. The maximum absolute atomic E-state index is 12.6. The third-order valence-electron chi connectivity index (χ3n) is 3.65. The molecule has 0 radical (unpaired) electrons. The van der Waals surface area contributed by atoms with Crippen molar-refractivity contribution >= 4 is 10.0 Å². The first kappa shape index (κ1) is 15.4. The van der Waals surface area contributed by atoms with Crippen LogP contribution < -0.4 is 0 Å². The summed E-state index contributed by atoms with van der Waals surface area (Å²) in [5.41, 5.74) is 0. The highest BCUT2D eigenvalue weighted by Gasteiger charge is 2.29. The van der Waals surface area contributed by atoms with E-state index in [1.807, 2.05) is 0 Å². The van der Waals surface area contributed by atoms with Crippen molar-refractivity contribution < 1.29 is 13.5 Å². The first-order chi connectivity index (χ1) is 9.45. The van der Waals surface area contributed by atoms with E-state index in [0.29, 0.717) is 32.0 Å². The summed E-state index contributed by atoms with van der Waals surface area (Å²) in [6.07, 6.45) is 2.33. The lowest BCUT2D eigenvalue weighted by molar-refractivity contribution is 0.202.